The number of rotatable bonds is 20. The van der Waals surface area contributed by atoms with E-state index in [0.29, 0.717) is 61.0 Å². The molecule has 4 atom stereocenters. The summed E-state index contributed by atoms with van der Waals surface area (Å²) in [6, 6.07) is 18.8. The Morgan fingerprint density at radius 1 is 0.657 bits per heavy atom. The molecule has 0 bridgehead atoms. The summed E-state index contributed by atoms with van der Waals surface area (Å²) in [6.07, 6.45) is 5.74. The number of benzene rings is 3. The second kappa shape index (κ2) is 23.1. The number of aromatic nitrogens is 3. The van der Waals surface area contributed by atoms with E-state index in [2.05, 4.69) is 15.6 Å². The molecule has 0 aliphatic carbocycles. The Morgan fingerprint density at radius 2 is 1.20 bits per heavy atom. The van der Waals surface area contributed by atoms with Crippen molar-refractivity contribution in [3.05, 3.63) is 180 Å². The number of hydrogen-bond donors (Lipinski definition) is 4. The molecule has 366 valence electrons. The molecule has 3 aromatic heterocycles. The normalized spacial score (nSPS) is 13.1. The molecule has 0 saturated carbocycles. The number of pyridine rings is 3. The number of nitrogens with one attached hydrogen (secondary N) is 2. The van der Waals surface area contributed by atoms with Gasteiger partial charge in [0.05, 0.1) is 24.9 Å². The van der Waals surface area contributed by atoms with Crippen molar-refractivity contribution < 1.29 is 33.8 Å². The highest BCUT2D eigenvalue weighted by Crippen LogP contribution is 2.37. The van der Waals surface area contributed by atoms with Crippen LogP contribution in [0.15, 0.2) is 119 Å². The Balaban J connectivity index is 1.26. The lowest BCUT2D eigenvalue weighted by Gasteiger charge is -2.25. The Hall–Kier alpha value is -6.90. The van der Waals surface area contributed by atoms with Crippen LogP contribution in [0.5, 0.6) is 0 Å². The lowest BCUT2D eigenvalue weighted by atomic mass is 9.92. The number of carboxylic acids is 2. The fourth-order valence-corrected chi connectivity index (χ4v) is 9.29. The van der Waals surface area contributed by atoms with Crippen molar-refractivity contribution in [3.8, 4) is 22.3 Å². The lowest BCUT2D eigenvalue weighted by Crippen LogP contribution is -2.40. The molecule has 6 aromatic rings. The van der Waals surface area contributed by atoms with Crippen molar-refractivity contribution in [2.75, 3.05) is 0 Å². The summed E-state index contributed by atoms with van der Waals surface area (Å²) in [4.78, 5) is 83.7. The van der Waals surface area contributed by atoms with Crippen LogP contribution >= 0.6 is 23.2 Å². The molecule has 0 radical (unpaired) electrons. The summed E-state index contributed by atoms with van der Waals surface area (Å²) in [6.45, 7) is 11.1. The van der Waals surface area contributed by atoms with Crippen molar-refractivity contribution >= 4 is 47.0 Å². The van der Waals surface area contributed by atoms with Gasteiger partial charge in [0.2, 0.25) is 11.8 Å². The summed E-state index contributed by atoms with van der Waals surface area (Å²) in [5.74, 6) is -4.05. The van der Waals surface area contributed by atoms with Crippen molar-refractivity contribution in [2.45, 2.75) is 97.8 Å². The second-order valence-corrected chi connectivity index (χ2v) is 19.3. The molecule has 2 unspecified atom stereocenters. The van der Waals surface area contributed by atoms with Crippen LogP contribution in [-0.2, 0) is 25.6 Å². The summed E-state index contributed by atoms with van der Waals surface area (Å²) >= 11 is 13.0. The molecule has 3 heterocycles. The highest BCUT2D eigenvalue weighted by atomic mass is 35.5. The fraction of sp³-hybridized carbons (Fsp3) is 0.315. The maximum atomic E-state index is 15.9. The van der Waals surface area contributed by atoms with Crippen LogP contribution in [-0.4, -0.2) is 48.1 Å². The second-order valence-electron chi connectivity index (χ2n) is 18.5. The van der Waals surface area contributed by atoms with E-state index in [4.69, 9.17) is 23.2 Å². The van der Waals surface area contributed by atoms with Gasteiger partial charge in [-0.05, 0) is 126 Å². The molecule has 0 aliphatic rings. The molecule has 6 rings (SSSR count). The van der Waals surface area contributed by atoms with Gasteiger partial charge in [-0.15, -0.1) is 0 Å². The molecule has 0 spiro atoms. The molecule has 4 N–H and O–H groups in total. The van der Waals surface area contributed by atoms with E-state index in [1.54, 1.807) is 86.8 Å². The molecule has 70 heavy (non-hydrogen) atoms. The third-order valence-electron chi connectivity index (χ3n) is 12.1. The molecular formula is C54H56Cl2FN5O8. The molecule has 3 aromatic carbocycles. The predicted octanol–water partition coefficient (Wildman–Crippen LogP) is 10.2. The zero-order chi connectivity index (χ0) is 51.0. The maximum absolute atomic E-state index is 15.9. The van der Waals surface area contributed by atoms with Crippen molar-refractivity contribution in [1.82, 2.24) is 24.8 Å². The smallest absolute Gasteiger partial charge is 0.305 e. The Bertz CT molecular complexity index is 3020. The van der Waals surface area contributed by atoms with Gasteiger partial charge in [0.25, 0.3) is 11.1 Å². The van der Waals surface area contributed by atoms with E-state index < -0.39 is 72.1 Å². The molecule has 16 heteroatoms. The fourth-order valence-electron chi connectivity index (χ4n) is 8.68. The summed E-state index contributed by atoms with van der Waals surface area (Å²) in [5, 5.41) is 26.4. The third-order valence-corrected chi connectivity index (χ3v) is 12.7. The van der Waals surface area contributed by atoms with E-state index in [0.717, 1.165) is 5.56 Å². The molecular weight excluding hydrogens is 937 g/mol. The minimum absolute atomic E-state index is 0.0123. The summed E-state index contributed by atoms with van der Waals surface area (Å²) in [5.41, 5.74) is 4.18. The Labute approximate surface area is 415 Å². The predicted molar refractivity (Wildman–Crippen MR) is 268 cm³/mol. The van der Waals surface area contributed by atoms with Gasteiger partial charge < -0.3 is 30.0 Å². The van der Waals surface area contributed by atoms with Gasteiger partial charge in [-0.3, -0.25) is 33.8 Å². The third kappa shape index (κ3) is 13.0. The number of amides is 2. The number of carbonyl (C=O) groups is 4. The lowest BCUT2D eigenvalue weighted by molar-refractivity contribution is -0.139. The van der Waals surface area contributed by atoms with Crippen LogP contribution in [0.2, 0.25) is 10.0 Å². The van der Waals surface area contributed by atoms with Gasteiger partial charge in [-0.1, -0.05) is 81.2 Å². The summed E-state index contributed by atoms with van der Waals surface area (Å²) in [7, 11) is 0. The van der Waals surface area contributed by atoms with Gasteiger partial charge in [-0.2, -0.15) is 0 Å². The highest BCUT2D eigenvalue weighted by Gasteiger charge is 2.29. The zero-order valence-electron chi connectivity index (χ0n) is 39.7. The zero-order valence-corrected chi connectivity index (χ0v) is 41.2. The van der Waals surface area contributed by atoms with E-state index in [9.17, 15) is 39.0 Å². The molecule has 0 fully saturated rings. The van der Waals surface area contributed by atoms with Crippen molar-refractivity contribution in [3.63, 3.8) is 0 Å². The average Bonchev–Trinajstić information content (AvgIpc) is 3.28. The number of hydrogen-bond acceptors (Lipinski definition) is 7. The first-order valence-electron chi connectivity index (χ1n) is 22.9. The van der Waals surface area contributed by atoms with E-state index in [1.165, 1.54) is 45.9 Å². The minimum Gasteiger partial charge on any atom is -0.481 e. The van der Waals surface area contributed by atoms with Crippen LogP contribution in [0.25, 0.3) is 22.3 Å². The number of carboxylic acid groups (broad SMARTS) is 2. The van der Waals surface area contributed by atoms with Crippen LogP contribution in [0.4, 0.5) is 4.39 Å². The number of aryl methyl sites for hydroxylation is 1. The quantitative estimate of drug-likeness (QED) is 0.0577. The topological polar surface area (TPSA) is 190 Å². The maximum Gasteiger partial charge on any atom is 0.305 e. The monoisotopic (exact) mass is 991 g/mol. The Morgan fingerprint density at radius 3 is 1.76 bits per heavy atom. The number of aliphatic carboxylic acids is 2. The minimum atomic E-state index is -1.20. The van der Waals surface area contributed by atoms with Gasteiger partial charge in [-0.25, -0.2) is 4.39 Å². The molecule has 0 aliphatic heterocycles. The average molecular weight is 993 g/mol. The molecule has 2 amide bonds. The number of carbonyl (C=O) groups excluding carboxylic acids is 2. The number of halogens is 3. The van der Waals surface area contributed by atoms with Gasteiger partial charge in [0, 0.05) is 63.7 Å². The first kappa shape index (κ1) is 52.5. The first-order valence-corrected chi connectivity index (χ1v) is 23.7. The van der Waals surface area contributed by atoms with Crippen LogP contribution < -0.4 is 21.8 Å². The van der Waals surface area contributed by atoms with Crippen molar-refractivity contribution in [1.29, 1.82) is 0 Å². The van der Waals surface area contributed by atoms with Gasteiger partial charge in [0.1, 0.15) is 17.9 Å². The van der Waals surface area contributed by atoms with E-state index in [1.807, 2.05) is 27.7 Å². The van der Waals surface area contributed by atoms with E-state index >= 15 is 4.39 Å². The molecule has 0 saturated heterocycles. The number of nitrogens with zero attached hydrogens (tertiary/aromatic N) is 3. The van der Waals surface area contributed by atoms with Crippen LogP contribution in [0, 0.1) is 31.5 Å². The van der Waals surface area contributed by atoms with Crippen molar-refractivity contribution in [2.24, 2.45) is 11.8 Å². The van der Waals surface area contributed by atoms with Crippen LogP contribution in [0.1, 0.15) is 111 Å². The molecule has 13 nitrogen and oxygen atoms in total. The highest BCUT2D eigenvalue weighted by molar-refractivity contribution is 6.39. The summed E-state index contributed by atoms with van der Waals surface area (Å²) < 4.78 is 18.6. The van der Waals surface area contributed by atoms with Gasteiger partial charge >= 0.3 is 11.9 Å². The largest absolute Gasteiger partial charge is 0.481 e. The SMILES string of the molecule is Cc1ccn(C(CC(C)C)C(=O)N[C@@H](CC(=O)O)c2cncc(-c3c(F)ccc(Cc4ccn(C(CC(C)C)C(=O)N[C@@H](CC(=O)O)c5cccc(-c6c(Cl)cccc6Cl)c5)c(=O)c4)c3C)c2)c(=O)c1. The van der Waals surface area contributed by atoms with Crippen LogP contribution in [0.3, 0.4) is 0 Å². The first-order chi connectivity index (χ1) is 33.2. The standard InChI is InChI=1S/C54H56Cl2FN5O8/c1-30(2)19-45(61-17-15-32(5)21-47(61)63)54(70)60-44(27-50(67)68)38-25-39(29-58-28-38)51-33(6)35(13-14-42(51)57)22-34-16-18-62(48(64)23-34)46(20-31(3)4)53(69)59-43(26-49(65)66)36-9-7-10-37(24-36)52-40(55)11-8-12-41(52)56/h7-18,21,23-25,28-31,43-46H,19-20,22,26-27H2,1-6H3,(H,59,69)(H,60,70)(H,65,66)(H,67,68)/t43-,44-,45?,46?/m0/s1. The Kier molecular flexibility index (Phi) is 17.3. The van der Waals surface area contributed by atoms with Gasteiger partial charge in [0.15, 0.2) is 0 Å². The van der Waals surface area contributed by atoms with E-state index in [-0.39, 0.29) is 35.8 Å².